The fourth-order valence-electron chi connectivity index (χ4n) is 2.20. The minimum absolute atomic E-state index is 0.0226. The molecule has 5 nitrogen and oxygen atoms in total. The molecule has 18 heavy (non-hydrogen) atoms. The zero-order valence-electron chi connectivity index (χ0n) is 10.2. The molecule has 0 N–H and O–H groups in total. The summed E-state index contributed by atoms with van der Waals surface area (Å²) in [5.74, 6) is -0.0226. The van der Waals surface area contributed by atoms with Crippen LogP contribution < -0.4 is 0 Å². The molecule has 1 aromatic rings. The summed E-state index contributed by atoms with van der Waals surface area (Å²) in [7, 11) is 0. The lowest BCUT2D eigenvalue weighted by Gasteiger charge is -2.13. The first kappa shape index (κ1) is 12.7. The molecule has 0 amide bonds. The third-order valence-corrected chi connectivity index (χ3v) is 3.23. The van der Waals surface area contributed by atoms with Crippen molar-refractivity contribution in [1.29, 1.82) is 0 Å². The summed E-state index contributed by atoms with van der Waals surface area (Å²) < 4.78 is 0. The number of nitro groups is 1. The second-order valence-electron chi connectivity index (χ2n) is 4.53. The van der Waals surface area contributed by atoms with Crippen molar-refractivity contribution in [2.24, 2.45) is 0 Å². The molecule has 0 unspecified atom stereocenters. The van der Waals surface area contributed by atoms with Gasteiger partial charge >= 0.3 is 0 Å². The van der Waals surface area contributed by atoms with Crippen molar-refractivity contribution in [3.8, 4) is 0 Å². The Hall–Kier alpha value is -1.75. The highest BCUT2D eigenvalue weighted by Gasteiger charge is 2.15. The van der Waals surface area contributed by atoms with Gasteiger partial charge in [0.25, 0.3) is 5.69 Å². The summed E-state index contributed by atoms with van der Waals surface area (Å²) in [6.45, 7) is 2.87. The lowest BCUT2D eigenvalue weighted by molar-refractivity contribution is -0.384. The molecule has 1 fully saturated rings. The molecule has 0 spiro atoms. The van der Waals surface area contributed by atoms with Crippen LogP contribution in [0.15, 0.2) is 24.3 Å². The van der Waals surface area contributed by atoms with Gasteiger partial charge in [0.05, 0.1) is 4.92 Å². The topological polar surface area (TPSA) is 63.5 Å². The Labute approximate surface area is 106 Å². The van der Waals surface area contributed by atoms with Crippen LogP contribution in [0.25, 0.3) is 0 Å². The molecule has 2 rings (SSSR count). The normalized spacial score (nSPS) is 15.8. The van der Waals surface area contributed by atoms with Crippen molar-refractivity contribution in [1.82, 2.24) is 4.90 Å². The molecule has 0 aromatic heterocycles. The molecule has 5 heteroatoms. The number of benzene rings is 1. The van der Waals surface area contributed by atoms with Gasteiger partial charge in [-0.1, -0.05) is 12.1 Å². The fourth-order valence-corrected chi connectivity index (χ4v) is 2.20. The van der Waals surface area contributed by atoms with Crippen molar-refractivity contribution in [3.63, 3.8) is 0 Å². The van der Waals surface area contributed by atoms with Crippen LogP contribution in [0, 0.1) is 10.1 Å². The van der Waals surface area contributed by atoms with Gasteiger partial charge in [-0.25, -0.2) is 0 Å². The number of carbonyl (C=O) groups excluding carboxylic acids is 1. The van der Waals surface area contributed by atoms with E-state index < -0.39 is 4.92 Å². The van der Waals surface area contributed by atoms with Crippen molar-refractivity contribution in [3.05, 3.63) is 39.9 Å². The molecular formula is C13H16N2O3. The van der Waals surface area contributed by atoms with Gasteiger partial charge in [0.15, 0.2) is 5.78 Å². The Bertz CT molecular complexity index is 453. The standard InChI is InChI=1S/C13H16N2O3/c16-13(6-9-14-7-1-2-8-14)11-4-3-5-12(10-11)15(17)18/h3-5,10H,1-2,6-9H2. The number of carbonyl (C=O) groups is 1. The lowest BCUT2D eigenvalue weighted by Crippen LogP contribution is -2.22. The predicted molar refractivity (Wildman–Crippen MR) is 67.7 cm³/mol. The zero-order valence-corrected chi connectivity index (χ0v) is 10.2. The number of nitro benzene ring substituents is 1. The van der Waals surface area contributed by atoms with Crippen LogP contribution >= 0.6 is 0 Å². The minimum Gasteiger partial charge on any atom is -0.303 e. The maximum absolute atomic E-state index is 11.9. The van der Waals surface area contributed by atoms with Crippen LogP contribution in [0.1, 0.15) is 29.6 Å². The first-order chi connectivity index (χ1) is 8.66. The fraction of sp³-hybridized carbons (Fsp3) is 0.462. The van der Waals surface area contributed by atoms with Crippen molar-refractivity contribution >= 4 is 11.5 Å². The number of nitrogens with zero attached hydrogens (tertiary/aromatic N) is 2. The Morgan fingerprint density at radius 3 is 2.72 bits per heavy atom. The zero-order chi connectivity index (χ0) is 13.0. The van der Waals surface area contributed by atoms with Crippen molar-refractivity contribution in [2.45, 2.75) is 19.3 Å². The smallest absolute Gasteiger partial charge is 0.270 e. The molecule has 1 saturated heterocycles. The van der Waals surface area contributed by atoms with Gasteiger partial charge < -0.3 is 4.90 Å². The molecule has 1 aliphatic heterocycles. The average molecular weight is 248 g/mol. The molecule has 96 valence electrons. The van der Waals surface area contributed by atoms with Crippen LogP contribution in [0.2, 0.25) is 0 Å². The van der Waals surface area contributed by atoms with E-state index in [1.807, 2.05) is 0 Å². The van der Waals surface area contributed by atoms with E-state index in [9.17, 15) is 14.9 Å². The van der Waals surface area contributed by atoms with E-state index in [1.165, 1.54) is 25.0 Å². The highest BCUT2D eigenvalue weighted by atomic mass is 16.6. The predicted octanol–water partition coefficient (Wildman–Crippen LogP) is 2.26. The maximum atomic E-state index is 11.9. The van der Waals surface area contributed by atoms with Gasteiger partial charge in [0, 0.05) is 30.7 Å². The number of hydrogen-bond donors (Lipinski definition) is 0. The van der Waals surface area contributed by atoms with E-state index in [-0.39, 0.29) is 11.5 Å². The Morgan fingerprint density at radius 1 is 1.33 bits per heavy atom. The maximum Gasteiger partial charge on any atom is 0.270 e. The Balaban J connectivity index is 1.95. The third kappa shape index (κ3) is 3.13. The molecular weight excluding hydrogens is 232 g/mol. The molecule has 1 aromatic carbocycles. The van der Waals surface area contributed by atoms with Gasteiger partial charge in [-0.3, -0.25) is 14.9 Å². The lowest BCUT2D eigenvalue weighted by atomic mass is 10.1. The van der Waals surface area contributed by atoms with E-state index in [4.69, 9.17) is 0 Å². The summed E-state index contributed by atoms with van der Waals surface area (Å²) in [6.07, 6.45) is 2.83. The van der Waals surface area contributed by atoms with Gasteiger partial charge in [0.2, 0.25) is 0 Å². The van der Waals surface area contributed by atoms with Gasteiger partial charge in [-0.2, -0.15) is 0 Å². The van der Waals surface area contributed by atoms with Crippen LogP contribution in [-0.4, -0.2) is 35.2 Å². The highest BCUT2D eigenvalue weighted by Crippen LogP contribution is 2.15. The van der Waals surface area contributed by atoms with E-state index in [0.717, 1.165) is 19.6 Å². The van der Waals surface area contributed by atoms with E-state index in [2.05, 4.69) is 4.90 Å². The number of ketones is 1. The first-order valence-corrected chi connectivity index (χ1v) is 6.17. The van der Waals surface area contributed by atoms with Crippen LogP contribution in [0.5, 0.6) is 0 Å². The first-order valence-electron chi connectivity index (χ1n) is 6.17. The van der Waals surface area contributed by atoms with Gasteiger partial charge in [-0.15, -0.1) is 0 Å². The summed E-state index contributed by atoms with van der Waals surface area (Å²) in [5.41, 5.74) is 0.408. The average Bonchev–Trinajstić information content (AvgIpc) is 2.89. The number of Topliss-reactive ketones (excluding diaryl/α,β-unsaturated/α-hetero) is 1. The van der Waals surface area contributed by atoms with Crippen LogP contribution in [-0.2, 0) is 0 Å². The van der Waals surface area contributed by atoms with Crippen molar-refractivity contribution < 1.29 is 9.72 Å². The summed E-state index contributed by atoms with van der Waals surface area (Å²) >= 11 is 0. The number of rotatable bonds is 5. The molecule has 0 radical (unpaired) electrons. The molecule has 0 bridgehead atoms. The number of hydrogen-bond acceptors (Lipinski definition) is 4. The molecule has 1 aliphatic rings. The van der Waals surface area contributed by atoms with Gasteiger partial charge in [-0.05, 0) is 25.9 Å². The van der Waals surface area contributed by atoms with Crippen LogP contribution in [0.4, 0.5) is 5.69 Å². The second-order valence-corrected chi connectivity index (χ2v) is 4.53. The quantitative estimate of drug-likeness (QED) is 0.455. The monoisotopic (exact) mass is 248 g/mol. The summed E-state index contributed by atoms with van der Waals surface area (Å²) in [5, 5.41) is 10.6. The van der Waals surface area contributed by atoms with Crippen molar-refractivity contribution in [2.75, 3.05) is 19.6 Å². The SMILES string of the molecule is O=C(CCN1CCCC1)c1cccc([N+](=O)[O-])c1. The van der Waals surface area contributed by atoms with E-state index >= 15 is 0 Å². The Morgan fingerprint density at radius 2 is 2.06 bits per heavy atom. The number of non-ortho nitro benzene ring substituents is 1. The van der Waals surface area contributed by atoms with E-state index in [0.29, 0.717) is 12.0 Å². The number of likely N-dealkylation sites (tertiary alicyclic amines) is 1. The third-order valence-electron chi connectivity index (χ3n) is 3.23. The summed E-state index contributed by atoms with van der Waals surface area (Å²) in [4.78, 5) is 24.3. The molecule has 0 aliphatic carbocycles. The molecule has 0 atom stereocenters. The molecule has 0 saturated carbocycles. The van der Waals surface area contributed by atoms with Gasteiger partial charge in [0.1, 0.15) is 0 Å². The van der Waals surface area contributed by atoms with Crippen LogP contribution in [0.3, 0.4) is 0 Å². The highest BCUT2D eigenvalue weighted by molar-refractivity contribution is 5.96. The molecule has 1 heterocycles. The van der Waals surface area contributed by atoms with E-state index in [1.54, 1.807) is 12.1 Å². The second kappa shape index (κ2) is 5.73. The summed E-state index contributed by atoms with van der Waals surface area (Å²) in [6, 6.07) is 5.95. The minimum atomic E-state index is -0.475. The largest absolute Gasteiger partial charge is 0.303 e. The Kier molecular flexibility index (Phi) is 4.04.